The summed E-state index contributed by atoms with van der Waals surface area (Å²) < 4.78 is 18.6. The number of rotatable bonds is 4. The molecule has 0 fully saturated rings. The van der Waals surface area contributed by atoms with Crippen LogP contribution in [0.15, 0.2) is 10.5 Å². The predicted octanol–water partition coefficient (Wildman–Crippen LogP) is 3.05. The topological polar surface area (TPSA) is 66.8 Å². The van der Waals surface area contributed by atoms with Gasteiger partial charge < -0.3 is 14.9 Å². The number of benzene rings is 1. The fourth-order valence-corrected chi connectivity index (χ4v) is 2.67. The molecule has 0 aliphatic rings. The summed E-state index contributed by atoms with van der Waals surface area (Å²) in [5.41, 5.74) is -0.758. The van der Waals surface area contributed by atoms with E-state index >= 15 is 0 Å². The molecule has 0 saturated carbocycles. The second-order valence-corrected chi connectivity index (χ2v) is 5.35. The molecule has 0 aromatic heterocycles. The third kappa shape index (κ3) is 2.75. The van der Waals surface area contributed by atoms with Crippen LogP contribution in [0, 0.1) is 5.82 Å². The molecule has 0 radical (unpaired) electrons. The van der Waals surface area contributed by atoms with Gasteiger partial charge in [0.05, 0.1) is 18.0 Å². The molecule has 0 aliphatic heterocycles. The summed E-state index contributed by atoms with van der Waals surface area (Å²) in [6, 6.07) is 1.04. The lowest BCUT2D eigenvalue weighted by atomic mass is 9.81. The van der Waals surface area contributed by atoms with Crippen LogP contribution in [0.25, 0.3) is 0 Å². The average molecular weight is 321 g/mol. The number of halogens is 2. The van der Waals surface area contributed by atoms with Crippen LogP contribution in [-0.4, -0.2) is 23.3 Å². The fraction of sp³-hybridized carbons (Fsp3) is 0.417. The molecule has 0 unspecified atom stereocenters. The highest BCUT2D eigenvalue weighted by atomic mass is 79.9. The number of hydrogen-bond acceptors (Lipinski definition) is 3. The first kappa shape index (κ1) is 14.8. The molecule has 2 N–H and O–H groups in total. The molecule has 100 valence electrons. The number of aromatic hydroxyl groups is 1. The third-order valence-electron chi connectivity index (χ3n) is 2.65. The first-order chi connectivity index (χ1) is 8.20. The first-order valence-corrected chi connectivity index (χ1v) is 5.97. The van der Waals surface area contributed by atoms with Crippen LogP contribution in [0.1, 0.15) is 25.8 Å². The van der Waals surface area contributed by atoms with E-state index in [0.717, 1.165) is 6.07 Å². The summed E-state index contributed by atoms with van der Waals surface area (Å²) >= 11 is 3.04. The Kier molecular flexibility index (Phi) is 4.21. The van der Waals surface area contributed by atoms with Gasteiger partial charge in [-0.1, -0.05) is 13.8 Å². The number of carboxylic acid groups (broad SMARTS) is 1. The van der Waals surface area contributed by atoms with Crippen molar-refractivity contribution in [1.29, 1.82) is 0 Å². The Balaban J connectivity index is 3.47. The van der Waals surface area contributed by atoms with Gasteiger partial charge >= 0.3 is 5.97 Å². The monoisotopic (exact) mass is 320 g/mol. The number of aliphatic carboxylic acids is 1. The average Bonchev–Trinajstić information content (AvgIpc) is 2.21. The molecule has 1 aromatic carbocycles. The van der Waals surface area contributed by atoms with Gasteiger partial charge in [0.25, 0.3) is 0 Å². The Morgan fingerprint density at radius 3 is 2.56 bits per heavy atom. The van der Waals surface area contributed by atoms with E-state index in [1.807, 2.05) is 0 Å². The van der Waals surface area contributed by atoms with Gasteiger partial charge in [0.2, 0.25) is 0 Å². The summed E-state index contributed by atoms with van der Waals surface area (Å²) in [5.74, 6) is -1.92. The van der Waals surface area contributed by atoms with Gasteiger partial charge in [0.15, 0.2) is 11.5 Å². The van der Waals surface area contributed by atoms with Gasteiger partial charge in [-0.05, 0) is 15.9 Å². The molecular weight excluding hydrogens is 307 g/mol. The molecule has 0 saturated heterocycles. The third-order valence-corrected chi connectivity index (χ3v) is 3.42. The maximum Gasteiger partial charge on any atom is 0.304 e. The number of hydrogen-bond donors (Lipinski definition) is 2. The molecule has 6 heteroatoms. The lowest BCUT2D eigenvalue weighted by Gasteiger charge is -2.26. The minimum atomic E-state index is -1.03. The van der Waals surface area contributed by atoms with Gasteiger partial charge in [-0.2, -0.15) is 0 Å². The minimum Gasteiger partial charge on any atom is -0.504 e. The standard InChI is InChI=1S/C12H14BrFO4/c1-12(2,5-8(15)16)9-10(13)6(14)4-7(18-3)11(9)17/h4,17H,5H2,1-3H3,(H,15,16). The van der Waals surface area contributed by atoms with Gasteiger partial charge in [-0.25, -0.2) is 4.39 Å². The Labute approximate surface area is 113 Å². The Morgan fingerprint density at radius 1 is 1.56 bits per heavy atom. The Hall–Kier alpha value is -1.30. The molecule has 1 rings (SSSR count). The van der Waals surface area contributed by atoms with Crippen molar-refractivity contribution in [3.8, 4) is 11.5 Å². The van der Waals surface area contributed by atoms with Crippen LogP contribution in [-0.2, 0) is 10.2 Å². The van der Waals surface area contributed by atoms with E-state index in [4.69, 9.17) is 9.84 Å². The quantitative estimate of drug-likeness (QED) is 0.894. The summed E-state index contributed by atoms with van der Waals surface area (Å²) in [7, 11) is 1.30. The van der Waals surface area contributed by atoms with E-state index in [-0.39, 0.29) is 28.0 Å². The van der Waals surface area contributed by atoms with Crippen molar-refractivity contribution in [2.75, 3.05) is 7.11 Å². The minimum absolute atomic E-state index is 0.0239. The second kappa shape index (κ2) is 5.14. The van der Waals surface area contributed by atoms with Crippen molar-refractivity contribution in [3.63, 3.8) is 0 Å². The van der Waals surface area contributed by atoms with Crippen molar-refractivity contribution in [1.82, 2.24) is 0 Å². The van der Waals surface area contributed by atoms with Crippen LogP contribution in [0.5, 0.6) is 11.5 Å². The number of carboxylic acids is 1. The van der Waals surface area contributed by atoms with Crippen molar-refractivity contribution in [3.05, 3.63) is 21.9 Å². The Bertz CT molecular complexity index is 485. The fourth-order valence-electron chi connectivity index (χ4n) is 1.83. The smallest absolute Gasteiger partial charge is 0.304 e. The number of methoxy groups -OCH3 is 1. The zero-order valence-electron chi connectivity index (χ0n) is 10.3. The Morgan fingerprint density at radius 2 is 2.11 bits per heavy atom. The van der Waals surface area contributed by atoms with Crippen molar-refractivity contribution < 1.29 is 24.1 Å². The molecule has 0 aliphatic carbocycles. The highest BCUT2D eigenvalue weighted by Crippen LogP contribution is 2.45. The number of phenolic OH excluding ortho intramolecular Hbond substituents is 1. The predicted molar refractivity (Wildman–Crippen MR) is 67.6 cm³/mol. The van der Waals surface area contributed by atoms with E-state index in [1.165, 1.54) is 7.11 Å². The molecule has 4 nitrogen and oxygen atoms in total. The van der Waals surface area contributed by atoms with E-state index in [1.54, 1.807) is 13.8 Å². The van der Waals surface area contributed by atoms with Gasteiger partial charge in [-0.15, -0.1) is 0 Å². The van der Waals surface area contributed by atoms with Crippen LogP contribution >= 0.6 is 15.9 Å². The SMILES string of the molecule is COc1cc(F)c(Br)c(C(C)(C)CC(=O)O)c1O. The lowest BCUT2D eigenvalue weighted by Crippen LogP contribution is -2.23. The number of carbonyl (C=O) groups is 1. The van der Waals surface area contributed by atoms with Crippen LogP contribution in [0.3, 0.4) is 0 Å². The molecular formula is C12H14BrFO4. The van der Waals surface area contributed by atoms with Gasteiger partial charge in [0.1, 0.15) is 5.82 Å². The highest BCUT2D eigenvalue weighted by Gasteiger charge is 2.32. The lowest BCUT2D eigenvalue weighted by molar-refractivity contribution is -0.138. The number of ether oxygens (including phenoxy) is 1. The van der Waals surface area contributed by atoms with Gasteiger partial charge in [0, 0.05) is 17.0 Å². The second-order valence-electron chi connectivity index (χ2n) is 4.55. The van der Waals surface area contributed by atoms with Crippen molar-refractivity contribution in [2.24, 2.45) is 0 Å². The van der Waals surface area contributed by atoms with Gasteiger partial charge in [-0.3, -0.25) is 4.79 Å². The highest BCUT2D eigenvalue weighted by molar-refractivity contribution is 9.10. The van der Waals surface area contributed by atoms with E-state index in [9.17, 15) is 14.3 Å². The van der Waals surface area contributed by atoms with E-state index in [0.29, 0.717) is 0 Å². The molecule has 0 spiro atoms. The maximum atomic E-state index is 13.7. The molecule has 0 heterocycles. The van der Waals surface area contributed by atoms with Crippen LogP contribution in [0.2, 0.25) is 0 Å². The summed E-state index contributed by atoms with van der Waals surface area (Å²) in [6.45, 7) is 3.22. The molecule has 0 atom stereocenters. The summed E-state index contributed by atoms with van der Waals surface area (Å²) in [4.78, 5) is 10.8. The number of phenols is 1. The zero-order valence-corrected chi connectivity index (χ0v) is 11.8. The van der Waals surface area contributed by atoms with Crippen molar-refractivity contribution in [2.45, 2.75) is 25.7 Å². The largest absolute Gasteiger partial charge is 0.504 e. The normalized spacial score (nSPS) is 11.4. The van der Waals surface area contributed by atoms with Crippen LogP contribution in [0.4, 0.5) is 4.39 Å². The molecule has 0 amide bonds. The zero-order chi connectivity index (χ0) is 14.1. The van der Waals surface area contributed by atoms with E-state index in [2.05, 4.69) is 15.9 Å². The maximum absolute atomic E-state index is 13.7. The summed E-state index contributed by atoms with van der Waals surface area (Å²) in [6.07, 6.45) is -0.244. The van der Waals surface area contributed by atoms with Crippen LogP contribution < -0.4 is 4.74 Å². The molecule has 0 bridgehead atoms. The van der Waals surface area contributed by atoms with Crippen molar-refractivity contribution >= 4 is 21.9 Å². The molecule has 18 heavy (non-hydrogen) atoms. The first-order valence-electron chi connectivity index (χ1n) is 5.18. The molecule has 1 aromatic rings. The summed E-state index contributed by atoms with van der Waals surface area (Å²) in [5, 5.41) is 18.9. The van der Waals surface area contributed by atoms with E-state index < -0.39 is 17.2 Å².